The molecular formula is C18H20BF4N5. The molecule has 1 aromatic carbocycles. The smallest absolute Gasteiger partial charge is 0.304 e. The second-order valence-corrected chi connectivity index (χ2v) is 7.10. The summed E-state index contributed by atoms with van der Waals surface area (Å²) in [7, 11) is 5.48. The average Bonchev–Trinajstić information content (AvgIpc) is 3.03. The molecule has 1 unspecified atom stereocenters. The van der Waals surface area contributed by atoms with E-state index in [-0.39, 0.29) is 29.8 Å². The zero-order valence-electron chi connectivity index (χ0n) is 15.4. The summed E-state index contributed by atoms with van der Waals surface area (Å²) in [4.78, 5) is 1.89. The largest absolute Gasteiger partial charge is 0.366 e. The number of aromatic nitrogens is 3. The van der Waals surface area contributed by atoms with Crippen molar-refractivity contribution in [3.8, 4) is 0 Å². The first-order valence-electron chi connectivity index (χ1n) is 8.78. The predicted octanol–water partition coefficient (Wildman–Crippen LogP) is 1.75. The number of hydrogen-bond acceptors (Lipinski definition) is 4. The quantitative estimate of drug-likeness (QED) is 0.600. The molecule has 0 fully saturated rings. The van der Waals surface area contributed by atoms with Crippen molar-refractivity contribution in [1.29, 1.82) is 0 Å². The Kier molecular flexibility index (Phi) is 5.51. The Bertz CT molecular complexity index is 893. The van der Waals surface area contributed by atoms with Crippen molar-refractivity contribution < 1.29 is 17.6 Å². The van der Waals surface area contributed by atoms with Gasteiger partial charge in [0.15, 0.2) is 5.82 Å². The molecule has 2 aromatic rings. The van der Waals surface area contributed by atoms with Gasteiger partial charge >= 0.3 is 5.92 Å². The molecule has 10 heteroatoms. The summed E-state index contributed by atoms with van der Waals surface area (Å²) in [5.74, 6) is -4.50. The molecule has 28 heavy (non-hydrogen) atoms. The number of fused-ring (bicyclic) bond motifs is 1. The summed E-state index contributed by atoms with van der Waals surface area (Å²) in [6.07, 6.45) is 0.507. The summed E-state index contributed by atoms with van der Waals surface area (Å²) in [5, 5.41) is 7.45. The maximum Gasteiger partial charge on any atom is 0.304 e. The molecule has 2 N–H and O–H groups in total. The van der Waals surface area contributed by atoms with Crippen molar-refractivity contribution in [2.75, 3.05) is 6.54 Å². The molecule has 2 heterocycles. The van der Waals surface area contributed by atoms with Crippen LogP contribution in [0.25, 0.3) is 0 Å². The predicted molar refractivity (Wildman–Crippen MR) is 97.2 cm³/mol. The molecule has 148 valence electrons. The van der Waals surface area contributed by atoms with Crippen molar-refractivity contribution >= 4 is 13.3 Å². The van der Waals surface area contributed by atoms with Crippen LogP contribution in [0.2, 0.25) is 0 Å². The molecule has 0 saturated heterocycles. The van der Waals surface area contributed by atoms with Gasteiger partial charge in [0, 0.05) is 44.2 Å². The van der Waals surface area contributed by atoms with E-state index in [4.69, 9.17) is 13.6 Å². The van der Waals surface area contributed by atoms with E-state index in [0.29, 0.717) is 31.0 Å². The number of rotatable bonds is 6. The molecule has 0 amide bonds. The van der Waals surface area contributed by atoms with E-state index in [1.54, 1.807) is 0 Å². The molecule has 5 nitrogen and oxygen atoms in total. The zero-order valence-corrected chi connectivity index (χ0v) is 15.4. The average molecular weight is 393 g/mol. The minimum atomic E-state index is -3.06. The number of nitrogens with zero attached hydrogens (tertiary/aromatic N) is 4. The monoisotopic (exact) mass is 393 g/mol. The molecule has 0 bridgehead atoms. The van der Waals surface area contributed by atoms with Crippen molar-refractivity contribution in [1.82, 2.24) is 19.7 Å². The van der Waals surface area contributed by atoms with Gasteiger partial charge in [0.05, 0.1) is 6.54 Å². The fourth-order valence-corrected chi connectivity index (χ4v) is 3.31. The highest BCUT2D eigenvalue weighted by Gasteiger charge is 2.34. The SMILES string of the molecule is [B]c1cc(CC(N)CC(=C)N2CCn3c(nnc3C(C)(F)F)C2)c(F)cc1F. The highest BCUT2D eigenvalue weighted by molar-refractivity contribution is 6.32. The van der Waals surface area contributed by atoms with E-state index >= 15 is 0 Å². The number of hydrogen-bond donors (Lipinski definition) is 1. The highest BCUT2D eigenvalue weighted by Crippen LogP contribution is 2.28. The standard InChI is InChI=1S/C18H20BF4N5/c1-10(5-12(24)6-11-7-13(19)15(21)8-14(11)20)27-3-4-28-16(9-27)25-26-17(28)18(2,22)23/h7-8,12H,1,3-6,9,24H2,2H3. The van der Waals surface area contributed by atoms with Crippen LogP contribution in [0.1, 0.15) is 30.6 Å². The Hall–Kier alpha value is -2.36. The molecule has 1 aromatic heterocycles. The summed E-state index contributed by atoms with van der Waals surface area (Å²) >= 11 is 0. The topological polar surface area (TPSA) is 60.0 Å². The Morgan fingerprint density at radius 1 is 1.29 bits per heavy atom. The summed E-state index contributed by atoms with van der Waals surface area (Å²) in [5.41, 5.74) is 6.88. The fraction of sp³-hybridized carbons (Fsp3) is 0.444. The zero-order chi connectivity index (χ0) is 20.6. The Labute approximate surface area is 161 Å². The highest BCUT2D eigenvalue weighted by atomic mass is 19.3. The lowest BCUT2D eigenvalue weighted by atomic mass is 9.91. The van der Waals surface area contributed by atoms with Crippen molar-refractivity contribution in [3.05, 3.63) is 53.3 Å². The van der Waals surface area contributed by atoms with Crippen LogP contribution in [0.15, 0.2) is 24.4 Å². The van der Waals surface area contributed by atoms with E-state index in [1.807, 2.05) is 4.90 Å². The van der Waals surface area contributed by atoms with E-state index in [2.05, 4.69) is 16.8 Å². The first-order valence-corrected chi connectivity index (χ1v) is 8.78. The summed E-state index contributed by atoms with van der Waals surface area (Å²) < 4.78 is 55.7. The Morgan fingerprint density at radius 2 is 2.00 bits per heavy atom. The normalized spacial score (nSPS) is 15.4. The lowest BCUT2D eigenvalue weighted by Gasteiger charge is -2.32. The molecule has 0 saturated carbocycles. The first kappa shape index (κ1) is 20.4. The van der Waals surface area contributed by atoms with Crippen LogP contribution in [-0.4, -0.2) is 40.1 Å². The van der Waals surface area contributed by atoms with Crippen LogP contribution < -0.4 is 11.2 Å². The third-order valence-corrected chi connectivity index (χ3v) is 4.74. The van der Waals surface area contributed by atoms with Gasteiger partial charge in [0.25, 0.3) is 0 Å². The second-order valence-electron chi connectivity index (χ2n) is 7.10. The van der Waals surface area contributed by atoms with Gasteiger partial charge in [-0.15, -0.1) is 10.2 Å². The van der Waals surface area contributed by atoms with Gasteiger partial charge in [-0.1, -0.05) is 18.1 Å². The van der Waals surface area contributed by atoms with Gasteiger partial charge < -0.3 is 15.2 Å². The molecule has 1 aliphatic heterocycles. The molecular weight excluding hydrogens is 373 g/mol. The number of alkyl halides is 2. The second kappa shape index (κ2) is 7.58. The van der Waals surface area contributed by atoms with Crippen molar-refractivity contribution in [2.24, 2.45) is 5.73 Å². The van der Waals surface area contributed by atoms with Gasteiger partial charge in [0.2, 0.25) is 5.82 Å². The minimum Gasteiger partial charge on any atom is -0.366 e. The van der Waals surface area contributed by atoms with Crippen LogP contribution in [0.5, 0.6) is 0 Å². The van der Waals surface area contributed by atoms with Gasteiger partial charge in [-0.3, -0.25) is 0 Å². The lowest BCUT2D eigenvalue weighted by molar-refractivity contribution is 0.00240. The summed E-state index contributed by atoms with van der Waals surface area (Å²) in [6, 6.07) is 1.51. The van der Waals surface area contributed by atoms with Gasteiger partial charge in [-0.05, 0) is 12.0 Å². The lowest BCUT2D eigenvalue weighted by Crippen LogP contribution is -2.37. The Morgan fingerprint density at radius 3 is 2.68 bits per heavy atom. The van der Waals surface area contributed by atoms with Crippen LogP contribution in [0, 0.1) is 11.6 Å². The number of halogens is 4. The van der Waals surface area contributed by atoms with Crippen molar-refractivity contribution in [3.63, 3.8) is 0 Å². The molecule has 2 radical (unpaired) electrons. The van der Waals surface area contributed by atoms with E-state index in [9.17, 15) is 17.6 Å². The van der Waals surface area contributed by atoms with Crippen LogP contribution in [0.4, 0.5) is 17.6 Å². The Balaban J connectivity index is 1.63. The minimum absolute atomic E-state index is 0.138. The maximum atomic E-state index is 13.9. The molecule has 0 aliphatic carbocycles. The molecule has 3 rings (SSSR count). The van der Waals surface area contributed by atoms with E-state index in [1.165, 1.54) is 10.6 Å². The van der Waals surface area contributed by atoms with Crippen molar-refractivity contribution in [2.45, 2.75) is 44.8 Å². The van der Waals surface area contributed by atoms with Crippen LogP contribution >= 0.6 is 0 Å². The molecule has 1 aliphatic rings. The fourth-order valence-electron chi connectivity index (χ4n) is 3.31. The van der Waals surface area contributed by atoms with E-state index in [0.717, 1.165) is 13.0 Å². The van der Waals surface area contributed by atoms with Crippen LogP contribution in [-0.2, 0) is 25.4 Å². The molecule has 1 atom stereocenters. The molecule has 0 spiro atoms. The third kappa shape index (κ3) is 4.21. The maximum absolute atomic E-state index is 13.9. The van der Waals surface area contributed by atoms with Gasteiger partial charge in [-0.2, -0.15) is 8.78 Å². The number of benzene rings is 1. The van der Waals surface area contributed by atoms with Gasteiger partial charge in [-0.25, -0.2) is 8.78 Å². The van der Waals surface area contributed by atoms with Gasteiger partial charge in [0.1, 0.15) is 19.5 Å². The van der Waals surface area contributed by atoms with E-state index < -0.39 is 23.6 Å². The van der Waals surface area contributed by atoms with Crippen LogP contribution in [0.3, 0.4) is 0 Å². The third-order valence-electron chi connectivity index (χ3n) is 4.74. The summed E-state index contributed by atoms with van der Waals surface area (Å²) in [6.45, 7) is 5.84. The number of nitrogens with two attached hydrogens (primary N) is 1. The first-order chi connectivity index (χ1) is 13.1.